The quantitative estimate of drug-likeness (QED) is 0.370. The highest BCUT2D eigenvalue weighted by atomic mass is 16.4. The average molecular weight is 400 g/mol. The van der Waals surface area contributed by atoms with E-state index >= 15 is 0 Å². The van der Waals surface area contributed by atoms with E-state index < -0.39 is 0 Å². The molecule has 29 heavy (non-hydrogen) atoms. The van der Waals surface area contributed by atoms with E-state index in [1.807, 2.05) is 0 Å². The zero-order valence-electron chi connectivity index (χ0n) is 19.7. The largest absolute Gasteiger partial charge is 0.411 e. The predicted molar refractivity (Wildman–Crippen MR) is 122 cm³/mol. The summed E-state index contributed by atoms with van der Waals surface area (Å²) < 4.78 is 0. The van der Waals surface area contributed by atoms with Gasteiger partial charge in [0.05, 0.1) is 5.71 Å². The second-order valence-electron chi connectivity index (χ2n) is 12.1. The minimum atomic E-state index is 0.361. The third kappa shape index (κ3) is 3.61. The first-order valence-corrected chi connectivity index (χ1v) is 12.7. The Kier molecular flexibility index (Phi) is 5.95. The topological polar surface area (TPSA) is 32.6 Å². The molecule has 0 radical (unpaired) electrons. The maximum Gasteiger partial charge on any atom is 0.0795 e. The molecule has 3 saturated carbocycles. The van der Waals surface area contributed by atoms with Gasteiger partial charge in [-0.1, -0.05) is 64.6 Å². The van der Waals surface area contributed by atoms with Gasteiger partial charge in [-0.05, 0) is 104 Å². The highest BCUT2D eigenvalue weighted by Gasteiger charge is 2.59. The average Bonchev–Trinajstić information content (AvgIpc) is 3.04. The van der Waals surface area contributed by atoms with E-state index in [9.17, 15) is 5.21 Å². The van der Waals surface area contributed by atoms with Crippen molar-refractivity contribution < 1.29 is 5.21 Å². The summed E-state index contributed by atoms with van der Waals surface area (Å²) in [4.78, 5) is 0. The minimum absolute atomic E-state index is 0.361. The van der Waals surface area contributed by atoms with Gasteiger partial charge in [-0.3, -0.25) is 0 Å². The fraction of sp³-hybridized carbons (Fsp3) is 0.889. The van der Waals surface area contributed by atoms with Crippen LogP contribution >= 0.6 is 0 Å². The van der Waals surface area contributed by atoms with E-state index in [1.165, 1.54) is 64.2 Å². The van der Waals surface area contributed by atoms with Crippen LogP contribution < -0.4 is 0 Å². The summed E-state index contributed by atoms with van der Waals surface area (Å²) in [5, 5.41) is 12.8. The molecule has 0 amide bonds. The van der Waals surface area contributed by atoms with Crippen molar-refractivity contribution in [3.63, 3.8) is 0 Å². The molecule has 0 aliphatic heterocycles. The smallest absolute Gasteiger partial charge is 0.0795 e. The van der Waals surface area contributed by atoms with Gasteiger partial charge < -0.3 is 5.21 Å². The Morgan fingerprint density at radius 1 is 1.00 bits per heavy atom. The lowest BCUT2D eigenvalue weighted by Crippen LogP contribution is -2.51. The summed E-state index contributed by atoms with van der Waals surface area (Å²) in [6, 6.07) is 0. The van der Waals surface area contributed by atoms with Gasteiger partial charge in [0.25, 0.3) is 0 Å². The van der Waals surface area contributed by atoms with Gasteiger partial charge in [0.15, 0.2) is 0 Å². The molecule has 0 aromatic rings. The van der Waals surface area contributed by atoms with Gasteiger partial charge in [-0.15, -0.1) is 0 Å². The van der Waals surface area contributed by atoms with Gasteiger partial charge in [-0.2, -0.15) is 0 Å². The highest BCUT2D eigenvalue weighted by molar-refractivity contribution is 5.96. The monoisotopic (exact) mass is 399 g/mol. The first kappa shape index (κ1) is 21.4. The number of hydrogen-bond acceptors (Lipinski definition) is 2. The SMILES string of the molecule is CC(C)CCC[C@@H](C)[C@H]1CC[C@H]2[C@@H]3CCC4=C/C(=N\O)CC[C@]4(C)[C@H]3CC[C@]12C. The van der Waals surface area contributed by atoms with E-state index in [0.29, 0.717) is 10.8 Å². The third-order valence-corrected chi connectivity index (χ3v) is 10.3. The number of hydrogen-bond donors (Lipinski definition) is 1. The molecule has 0 unspecified atom stereocenters. The molecule has 4 rings (SSSR count). The molecule has 4 aliphatic carbocycles. The fourth-order valence-electron chi connectivity index (χ4n) is 8.67. The lowest BCUT2D eigenvalue weighted by molar-refractivity contribution is -0.0574. The lowest BCUT2D eigenvalue weighted by atomic mass is 9.46. The van der Waals surface area contributed by atoms with Crippen LogP contribution in [0.25, 0.3) is 0 Å². The fourth-order valence-corrected chi connectivity index (χ4v) is 8.67. The summed E-state index contributed by atoms with van der Waals surface area (Å²) in [7, 11) is 0. The Balaban J connectivity index is 1.49. The van der Waals surface area contributed by atoms with Crippen LogP contribution in [0.3, 0.4) is 0 Å². The Morgan fingerprint density at radius 3 is 2.52 bits per heavy atom. The second kappa shape index (κ2) is 8.04. The van der Waals surface area contributed by atoms with Crippen LogP contribution in [0, 0.1) is 46.3 Å². The maximum absolute atomic E-state index is 9.27. The zero-order valence-corrected chi connectivity index (χ0v) is 19.7. The van der Waals surface area contributed by atoms with Crippen LogP contribution in [0.4, 0.5) is 0 Å². The summed E-state index contributed by atoms with van der Waals surface area (Å²) in [5.41, 5.74) is 3.45. The summed E-state index contributed by atoms with van der Waals surface area (Å²) in [6.07, 6.45) is 17.1. The molecule has 0 saturated heterocycles. The highest BCUT2D eigenvalue weighted by Crippen LogP contribution is 2.67. The molecule has 3 fully saturated rings. The minimum Gasteiger partial charge on any atom is -0.411 e. The molecule has 164 valence electrons. The van der Waals surface area contributed by atoms with Crippen molar-refractivity contribution in [3.8, 4) is 0 Å². The second-order valence-corrected chi connectivity index (χ2v) is 12.1. The molecular formula is C27H45NO. The van der Waals surface area contributed by atoms with Crippen LogP contribution in [-0.4, -0.2) is 10.9 Å². The van der Waals surface area contributed by atoms with Gasteiger partial charge in [-0.25, -0.2) is 0 Å². The number of fused-ring (bicyclic) bond motifs is 5. The Labute approximate surface area is 179 Å². The van der Waals surface area contributed by atoms with E-state index in [4.69, 9.17) is 0 Å². The van der Waals surface area contributed by atoms with E-state index in [2.05, 4.69) is 45.9 Å². The Bertz CT molecular complexity index is 663. The van der Waals surface area contributed by atoms with Gasteiger partial charge >= 0.3 is 0 Å². The third-order valence-electron chi connectivity index (χ3n) is 10.3. The number of allylic oxidation sites excluding steroid dienone is 2. The summed E-state index contributed by atoms with van der Waals surface area (Å²) in [6.45, 7) is 12.5. The van der Waals surface area contributed by atoms with Crippen molar-refractivity contribution in [1.82, 2.24) is 0 Å². The van der Waals surface area contributed by atoms with Gasteiger partial charge in [0, 0.05) is 0 Å². The van der Waals surface area contributed by atoms with Gasteiger partial charge in [0.1, 0.15) is 0 Å². The van der Waals surface area contributed by atoms with Crippen molar-refractivity contribution in [1.29, 1.82) is 0 Å². The van der Waals surface area contributed by atoms with Crippen molar-refractivity contribution in [2.24, 2.45) is 51.5 Å². The van der Waals surface area contributed by atoms with E-state index in [1.54, 1.807) is 5.57 Å². The first-order chi connectivity index (χ1) is 13.8. The van der Waals surface area contributed by atoms with Crippen molar-refractivity contribution in [2.45, 2.75) is 105 Å². The lowest BCUT2D eigenvalue weighted by Gasteiger charge is -2.58. The van der Waals surface area contributed by atoms with Crippen molar-refractivity contribution >= 4 is 5.71 Å². The van der Waals surface area contributed by atoms with E-state index in [-0.39, 0.29) is 0 Å². The van der Waals surface area contributed by atoms with Crippen LogP contribution in [-0.2, 0) is 0 Å². The Hall–Kier alpha value is -0.790. The van der Waals surface area contributed by atoms with Crippen molar-refractivity contribution in [2.75, 3.05) is 0 Å². The molecule has 2 heteroatoms. The summed E-state index contributed by atoms with van der Waals surface area (Å²) in [5.74, 6) is 5.43. The van der Waals surface area contributed by atoms with Crippen LogP contribution in [0.2, 0.25) is 0 Å². The molecule has 0 spiro atoms. The number of nitrogens with zero attached hydrogens (tertiary/aromatic N) is 1. The number of oxime groups is 1. The predicted octanol–water partition coefficient (Wildman–Crippen LogP) is 7.86. The molecule has 2 nitrogen and oxygen atoms in total. The molecule has 1 N–H and O–H groups in total. The van der Waals surface area contributed by atoms with E-state index in [0.717, 1.165) is 47.6 Å². The molecular weight excluding hydrogens is 354 g/mol. The molecule has 0 aromatic carbocycles. The van der Waals surface area contributed by atoms with Crippen LogP contribution in [0.15, 0.2) is 16.8 Å². The normalized spacial score (nSPS) is 44.2. The molecule has 4 aliphatic rings. The van der Waals surface area contributed by atoms with Crippen molar-refractivity contribution in [3.05, 3.63) is 11.6 Å². The molecule has 0 heterocycles. The standard InChI is InChI=1S/C27H45NO/c1-18(2)7-6-8-19(3)23-11-12-24-22-10-9-20-17-21(28-29)13-15-26(20,4)25(22)14-16-27(23,24)5/h17-19,22-25,29H,6-16H2,1-5H3/b28-21-/t19-,22+,23-,24+,25+,26+,27-/m1/s1. The first-order valence-electron chi connectivity index (χ1n) is 12.7. The maximum atomic E-state index is 9.27. The summed E-state index contributed by atoms with van der Waals surface area (Å²) >= 11 is 0. The molecule has 7 atom stereocenters. The molecule has 0 bridgehead atoms. The zero-order chi connectivity index (χ0) is 20.8. The Morgan fingerprint density at radius 2 is 1.79 bits per heavy atom. The van der Waals surface area contributed by atoms with Crippen LogP contribution in [0.1, 0.15) is 105 Å². The molecule has 0 aromatic heterocycles. The van der Waals surface area contributed by atoms with Gasteiger partial charge in [0.2, 0.25) is 0 Å². The number of rotatable bonds is 5. The van der Waals surface area contributed by atoms with Crippen LogP contribution in [0.5, 0.6) is 0 Å².